The van der Waals surface area contributed by atoms with Crippen molar-refractivity contribution in [3.63, 3.8) is 0 Å². The Morgan fingerprint density at radius 2 is 1.46 bits per heavy atom. The highest BCUT2D eigenvalue weighted by molar-refractivity contribution is 5.88. The molecule has 0 aliphatic heterocycles. The Balaban J connectivity index is 1.80. The quantitative estimate of drug-likeness (QED) is 0.555. The van der Waals surface area contributed by atoms with Crippen LogP contribution in [0.15, 0.2) is 48.5 Å². The predicted octanol–water partition coefficient (Wildman–Crippen LogP) is 6.83. The smallest absolute Gasteiger partial charge is 0.335 e. The van der Waals surface area contributed by atoms with Crippen LogP contribution in [0.25, 0.3) is 11.1 Å². The molecule has 0 amide bonds. The molecule has 0 heterocycles. The second kappa shape index (κ2) is 8.53. The maximum Gasteiger partial charge on any atom is 0.335 e. The molecule has 0 atom stereocenters. The molecule has 2 nitrogen and oxygen atoms in total. The minimum absolute atomic E-state index is 0.336. The van der Waals surface area contributed by atoms with Crippen LogP contribution < -0.4 is 0 Å². The van der Waals surface area contributed by atoms with Crippen LogP contribution in [0, 0.1) is 0 Å². The van der Waals surface area contributed by atoms with Gasteiger partial charge in [0.2, 0.25) is 0 Å². The van der Waals surface area contributed by atoms with Crippen LogP contribution in [-0.2, 0) is 5.41 Å². The molecule has 26 heavy (non-hydrogen) atoms. The fourth-order valence-corrected chi connectivity index (χ4v) is 4.45. The Labute approximate surface area is 157 Å². The summed E-state index contributed by atoms with van der Waals surface area (Å²) in [4.78, 5) is 11.0. The molecule has 0 aromatic heterocycles. The summed E-state index contributed by atoms with van der Waals surface area (Å²) >= 11 is 0. The van der Waals surface area contributed by atoms with E-state index in [4.69, 9.17) is 5.11 Å². The van der Waals surface area contributed by atoms with Crippen molar-refractivity contribution in [2.45, 2.75) is 70.1 Å². The van der Waals surface area contributed by atoms with Crippen molar-refractivity contribution in [1.82, 2.24) is 0 Å². The van der Waals surface area contributed by atoms with E-state index in [0.29, 0.717) is 11.0 Å². The summed E-state index contributed by atoms with van der Waals surface area (Å²) in [5.41, 5.74) is 4.44. The normalized spacial score (nSPS) is 16.3. The molecular weight excluding hydrogens is 320 g/mol. The first-order valence-corrected chi connectivity index (χ1v) is 10.1. The lowest BCUT2D eigenvalue weighted by Gasteiger charge is -2.38. The summed E-state index contributed by atoms with van der Waals surface area (Å²) in [6.45, 7) is 2.28. The van der Waals surface area contributed by atoms with Crippen LogP contribution >= 0.6 is 0 Å². The van der Waals surface area contributed by atoms with Crippen LogP contribution in [0.3, 0.4) is 0 Å². The SMILES string of the molecule is CCCCCC1(c2ccc(-c3ccc(C(=O)O)cc3)cc2)CCCCC1. The van der Waals surface area contributed by atoms with E-state index in [1.54, 1.807) is 12.1 Å². The van der Waals surface area contributed by atoms with E-state index in [1.165, 1.54) is 63.4 Å². The number of benzene rings is 2. The maximum absolute atomic E-state index is 11.0. The van der Waals surface area contributed by atoms with E-state index in [-0.39, 0.29) is 0 Å². The van der Waals surface area contributed by atoms with Gasteiger partial charge >= 0.3 is 5.97 Å². The van der Waals surface area contributed by atoms with E-state index < -0.39 is 5.97 Å². The first kappa shape index (κ1) is 18.7. The van der Waals surface area contributed by atoms with E-state index >= 15 is 0 Å². The van der Waals surface area contributed by atoms with E-state index in [2.05, 4.69) is 31.2 Å². The lowest BCUT2D eigenvalue weighted by atomic mass is 9.66. The molecule has 2 heteroatoms. The monoisotopic (exact) mass is 350 g/mol. The number of carboxylic acids is 1. The average Bonchev–Trinajstić information content (AvgIpc) is 2.69. The maximum atomic E-state index is 11.0. The van der Waals surface area contributed by atoms with Crippen molar-refractivity contribution in [3.8, 4) is 11.1 Å². The molecule has 0 radical (unpaired) electrons. The van der Waals surface area contributed by atoms with Gasteiger partial charge in [-0.1, -0.05) is 81.8 Å². The fraction of sp³-hybridized carbons (Fsp3) is 0.458. The highest BCUT2D eigenvalue weighted by Gasteiger charge is 2.33. The fourth-order valence-electron chi connectivity index (χ4n) is 4.45. The van der Waals surface area contributed by atoms with Gasteiger partial charge in [-0.05, 0) is 53.5 Å². The standard InChI is InChI=1S/C24H30O2/c1-2-3-5-16-24(17-6-4-7-18-24)22-14-12-20(13-15-22)19-8-10-21(11-9-19)23(25)26/h8-15H,2-7,16-18H2,1H3,(H,25,26). The number of hydrogen-bond acceptors (Lipinski definition) is 1. The first-order valence-electron chi connectivity index (χ1n) is 10.1. The van der Waals surface area contributed by atoms with Gasteiger partial charge in [0.1, 0.15) is 0 Å². The summed E-state index contributed by atoms with van der Waals surface area (Å²) in [7, 11) is 0. The van der Waals surface area contributed by atoms with Crippen molar-refractivity contribution >= 4 is 5.97 Å². The zero-order chi connectivity index (χ0) is 18.4. The highest BCUT2D eigenvalue weighted by Crippen LogP contribution is 2.43. The molecule has 0 spiro atoms. The molecule has 1 aliphatic rings. The molecular formula is C24H30O2. The molecule has 1 saturated carbocycles. The molecule has 3 rings (SSSR count). The molecule has 1 fully saturated rings. The largest absolute Gasteiger partial charge is 0.478 e. The van der Waals surface area contributed by atoms with Gasteiger partial charge in [0.05, 0.1) is 5.56 Å². The van der Waals surface area contributed by atoms with Crippen molar-refractivity contribution < 1.29 is 9.90 Å². The molecule has 138 valence electrons. The summed E-state index contributed by atoms with van der Waals surface area (Å²) < 4.78 is 0. The highest BCUT2D eigenvalue weighted by atomic mass is 16.4. The number of unbranched alkanes of at least 4 members (excludes halogenated alkanes) is 2. The van der Waals surface area contributed by atoms with E-state index in [9.17, 15) is 4.79 Å². The number of carboxylic acid groups (broad SMARTS) is 1. The van der Waals surface area contributed by atoms with Crippen molar-refractivity contribution in [3.05, 3.63) is 59.7 Å². The van der Waals surface area contributed by atoms with Crippen molar-refractivity contribution in [1.29, 1.82) is 0 Å². The van der Waals surface area contributed by atoms with Gasteiger partial charge in [-0.2, -0.15) is 0 Å². The van der Waals surface area contributed by atoms with Crippen molar-refractivity contribution in [2.24, 2.45) is 0 Å². The van der Waals surface area contributed by atoms with Gasteiger partial charge in [-0.3, -0.25) is 0 Å². The topological polar surface area (TPSA) is 37.3 Å². The van der Waals surface area contributed by atoms with E-state index in [1.807, 2.05) is 12.1 Å². The molecule has 0 unspecified atom stereocenters. The number of carbonyl (C=O) groups is 1. The Morgan fingerprint density at radius 1 is 0.885 bits per heavy atom. The summed E-state index contributed by atoms with van der Waals surface area (Å²) in [6, 6.07) is 16.2. The molecule has 1 aliphatic carbocycles. The lowest BCUT2D eigenvalue weighted by molar-refractivity contribution is 0.0697. The third-order valence-corrected chi connectivity index (χ3v) is 6.03. The number of rotatable bonds is 7. The Hall–Kier alpha value is -2.09. The lowest BCUT2D eigenvalue weighted by Crippen LogP contribution is -2.29. The molecule has 0 bridgehead atoms. The Morgan fingerprint density at radius 3 is 2.00 bits per heavy atom. The van der Waals surface area contributed by atoms with Crippen LogP contribution in [0.2, 0.25) is 0 Å². The van der Waals surface area contributed by atoms with Gasteiger partial charge < -0.3 is 5.11 Å². The second-order valence-corrected chi connectivity index (χ2v) is 7.76. The van der Waals surface area contributed by atoms with Crippen LogP contribution in [-0.4, -0.2) is 11.1 Å². The molecule has 0 saturated heterocycles. The minimum atomic E-state index is -0.877. The van der Waals surface area contributed by atoms with Crippen LogP contribution in [0.5, 0.6) is 0 Å². The van der Waals surface area contributed by atoms with Gasteiger partial charge in [0.25, 0.3) is 0 Å². The molecule has 2 aromatic rings. The molecule has 1 N–H and O–H groups in total. The number of aromatic carboxylic acids is 1. The first-order chi connectivity index (χ1) is 12.6. The Bertz CT molecular complexity index is 707. The van der Waals surface area contributed by atoms with Gasteiger partial charge in [-0.15, -0.1) is 0 Å². The van der Waals surface area contributed by atoms with Crippen molar-refractivity contribution in [2.75, 3.05) is 0 Å². The average molecular weight is 351 g/mol. The third kappa shape index (κ3) is 4.17. The summed E-state index contributed by atoms with van der Waals surface area (Å²) in [5.74, 6) is -0.877. The van der Waals surface area contributed by atoms with Gasteiger partial charge in [-0.25, -0.2) is 4.79 Å². The molecule has 2 aromatic carbocycles. The minimum Gasteiger partial charge on any atom is -0.478 e. The predicted molar refractivity (Wildman–Crippen MR) is 108 cm³/mol. The van der Waals surface area contributed by atoms with E-state index in [0.717, 1.165) is 11.1 Å². The van der Waals surface area contributed by atoms with Crippen LogP contribution in [0.1, 0.15) is 80.6 Å². The van der Waals surface area contributed by atoms with Gasteiger partial charge in [0.15, 0.2) is 0 Å². The third-order valence-electron chi connectivity index (χ3n) is 6.03. The Kier molecular flexibility index (Phi) is 6.13. The van der Waals surface area contributed by atoms with Gasteiger partial charge in [0, 0.05) is 0 Å². The summed E-state index contributed by atoms with van der Waals surface area (Å²) in [5, 5.41) is 9.04. The number of hydrogen-bond donors (Lipinski definition) is 1. The zero-order valence-electron chi connectivity index (χ0n) is 15.8. The second-order valence-electron chi connectivity index (χ2n) is 7.76. The zero-order valence-corrected chi connectivity index (χ0v) is 15.8. The van der Waals surface area contributed by atoms with Crippen LogP contribution in [0.4, 0.5) is 0 Å². The summed E-state index contributed by atoms with van der Waals surface area (Å²) in [6.07, 6.45) is 12.0.